The minimum absolute atomic E-state index is 0. The highest BCUT2D eigenvalue weighted by Gasteiger charge is 2.13. The predicted molar refractivity (Wildman–Crippen MR) is 70.0 cm³/mol. The van der Waals surface area contributed by atoms with Gasteiger partial charge in [-0.25, -0.2) is 0 Å². The van der Waals surface area contributed by atoms with Gasteiger partial charge < -0.3 is 9.64 Å². The molecule has 1 atom stereocenters. The summed E-state index contributed by atoms with van der Waals surface area (Å²) in [6, 6.07) is 0. The number of hydrogen-bond acceptors (Lipinski definition) is 2. The van der Waals surface area contributed by atoms with E-state index < -0.39 is 0 Å². The lowest BCUT2D eigenvalue weighted by Gasteiger charge is -2.19. The van der Waals surface area contributed by atoms with Gasteiger partial charge in [0.25, 0.3) is 0 Å². The Hall–Kier alpha value is 0.210. The minimum Gasteiger partial charge on any atom is -0.373 e. The van der Waals surface area contributed by atoms with Gasteiger partial charge in [0.1, 0.15) is 0 Å². The van der Waals surface area contributed by atoms with Crippen LogP contribution in [0, 0.1) is 0 Å². The Labute approximate surface area is 102 Å². The maximum absolute atomic E-state index is 4.71. The number of ether oxygens (including phenoxy) is 1. The second-order valence-electron chi connectivity index (χ2n) is 3.99. The average molecular weight is 238 g/mol. The van der Waals surface area contributed by atoms with E-state index in [0.717, 1.165) is 6.61 Å². The van der Waals surface area contributed by atoms with E-state index in [2.05, 4.69) is 32.6 Å². The lowest BCUT2D eigenvalue weighted by molar-refractivity contribution is 0.275. The number of halogens is 1. The number of nitrogens with zero attached hydrogens (tertiary/aromatic N) is 1. The lowest BCUT2D eigenvalue weighted by atomic mass is 10.3. The van der Waals surface area contributed by atoms with Crippen LogP contribution in [0.4, 0.5) is 0 Å². The Morgan fingerprint density at radius 3 is 1.40 bits per heavy atom. The van der Waals surface area contributed by atoms with Crippen molar-refractivity contribution in [2.75, 3.05) is 26.2 Å². The summed E-state index contributed by atoms with van der Waals surface area (Å²) in [5, 5.41) is 0. The molecule has 0 radical (unpaired) electrons. The van der Waals surface area contributed by atoms with Crippen LogP contribution < -0.4 is 0 Å². The highest BCUT2D eigenvalue weighted by molar-refractivity contribution is 5.85. The summed E-state index contributed by atoms with van der Waals surface area (Å²) in [4.78, 5) is 2.54. The molecule has 1 rings (SSSR count). The van der Waals surface area contributed by atoms with Gasteiger partial charge in [0, 0.05) is 0 Å². The van der Waals surface area contributed by atoms with E-state index in [1.807, 2.05) is 0 Å². The van der Waals surface area contributed by atoms with Gasteiger partial charge in [-0.1, -0.05) is 20.8 Å². The zero-order chi connectivity index (χ0) is 10.8. The monoisotopic (exact) mass is 237 g/mol. The van der Waals surface area contributed by atoms with Gasteiger partial charge in [-0.15, -0.1) is 12.4 Å². The average Bonchev–Trinajstić information content (AvgIpc) is 2.90. The fourth-order valence-corrected chi connectivity index (χ4v) is 1.38. The summed E-state index contributed by atoms with van der Waals surface area (Å²) < 4.78 is 4.71. The van der Waals surface area contributed by atoms with Crippen LogP contribution in [0.5, 0.6) is 0 Å². The van der Waals surface area contributed by atoms with E-state index in [4.69, 9.17) is 4.74 Å². The fourth-order valence-electron chi connectivity index (χ4n) is 1.38. The second kappa shape index (κ2) is 12.3. The standard InChI is InChI=1S/C9H21N.C3H6O.ClH/c1-4-7-10(8-5-2)9-6-3;1-3-2-4-3;/h4-9H2,1-3H3;3H,2H2,1H3;1H. The van der Waals surface area contributed by atoms with Crippen molar-refractivity contribution in [3.63, 3.8) is 0 Å². The van der Waals surface area contributed by atoms with E-state index in [9.17, 15) is 0 Å². The molecule has 1 saturated heterocycles. The molecule has 1 aliphatic heterocycles. The molecule has 0 aromatic heterocycles. The molecule has 1 fully saturated rings. The predicted octanol–water partition coefficient (Wildman–Crippen LogP) is 3.35. The van der Waals surface area contributed by atoms with Crippen LogP contribution in [0.15, 0.2) is 0 Å². The molecule has 0 aromatic carbocycles. The molecule has 1 aliphatic rings. The van der Waals surface area contributed by atoms with Crippen molar-refractivity contribution in [1.82, 2.24) is 4.90 Å². The zero-order valence-electron chi connectivity index (χ0n) is 10.8. The Morgan fingerprint density at radius 2 is 1.27 bits per heavy atom. The molecule has 0 aliphatic carbocycles. The summed E-state index contributed by atoms with van der Waals surface area (Å²) in [5.74, 6) is 0. The minimum atomic E-state index is 0. The molecular weight excluding hydrogens is 210 g/mol. The lowest BCUT2D eigenvalue weighted by Crippen LogP contribution is -2.25. The molecule has 0 aromatic rings. The van der Waals surface area contributed by atoms with Gasteiger partial charge in [0.2, 0.25) is 0 Å². The molecule has 0 saturated carbocycles. The van der Waals surface area contributed by atoms with Crippen LogP contribution in [0.2, 0.25) is 0 Å². The number of rotatable bonds is 6. The second-order valence-corrected chi connectivity index (χ2v) is 3.99. The summed E-state index contributed by atoms with van der Waals surface area (Å²) in [6.45, 7) is 13.6. The van der Waals surface area contributed by atoms with Crippen LogP contribution in [-0.2, 0) is 4.74 Å². The SMILES string of the molecule is CC1CO1.CCCN(CCC)CCC.Cl. The Morgan fingerprint density at radius 1 is 1.00 bits per heavy atom. The van der Waals surface area contributed by atoms with E-state index in [-0.39, 0.29) is 12.4 Å². The van der Waals surface area contributed by atoms with E-state index in [1.54, 1.807) is 0 Å². The van der Waals surface area contributed by atoms with Crippen LogP contribution in [-0.4, -0.2) is 37.2 Å². The Bertz CT molecular complexity index is 104. The van der Waals surface area contributed by atoms with Crippen LogP contribution >= 0.6 is 12.4 Å². The van der Waals surface area contributed by atoms with Crippen LogP contribution in [0.3, 0.4) is 0 Å². The summed E-state index contributed by atoms with van der Waals surface area (Å²) in [5.41, 5.74) is 0. The number of hydrogen-bond donors (Lipinski definition) is 0. The first-order chi connectivity index (χ1) is 6.74. The first kappa shape index (κ1) is 17.6. The number of epoxide rings is 1. The van der Waals surface area contributed by atoms with Crippen molar-refractivity contribution in [3.8, 4) is 0 Å². The molecule has 0 spiro atoms. The van der Waals surface area contributed by atoms with Crippen molar-refractivity contribution in [2.45, 2.75) is 53.1 Å². The smallest absolute Gasteiger partial charge is 0.0781 e. The van der Waals surface area contributed by atoms with Gasteiger partial charge >= 0.3 is 0 Å². The highest BCUT2D eigenvalue weighted by atomic mass is 35.5. The van der Waals surface area contributed by atoms with E-state index in [1.165, 1.54) is 38.9 Å². The van der Waals surface area contributed by atoms with Gasteiger partial charge in [-0.2, -0.15) is 0 Å². The topological polar surface area (TPSA) is 15.8 Å². The Balaban J connectivity index is 0. The third-order valence-corrected chi connectivity index (χ3v) is 2.12. The molecule has 94 valence electrons. The molecule has 0 amide bonds. The molecule has 15 heavy (non-hydrogen) atoms. The third-order valence-electron chi connectivity index (χ3n) is 2.12. The first-order valence-corrected chi connectivity index (χ1v) is 6.08. The van der Waals surface area contributed by atoms with E-state index >= 15 is 0 Å². The van der Waals surface area contributed by atoms with Crippen molar-refractivity contribution in [1.29, 1.82) is 0 Å². The molecular formula is C12H28ClNO. The van der Waals surface area contributed by atoms with Crippen molar-refractivity contribution < 1.29 is 4.74 Å². The first-order valence-electron chi connectivity index (χ1n) is 6.08. The maximum atomic E-state index is 4.71. The molecule has 1 heterocycles. The highest BCUT2D eigenvalue weighted by Crippen LogP contribution is 2.04. The zero-order valence-corrected chi connectivity index (χ0v) is 11.6. The van der Waals surface area contributed by atoms with Crippen molar-refractivity contribution in [2.24, 2.45) is 0 Å². The van der Waals surface area contributed by atoms with Crippen LogP contribution in [0.1, 0.15) is 47.0 Å². The largest absolute Gasteiger partial charge is 0.373 e. The summed E-state index contributed by atoms with van der Waals surface area (Å²) >= 11 is 0. The molecule has 1 unspecified atom stereocenters. The summed E-state index contributed by atoms with van der Waals surface area (Å²) in [7, 11) is 0. The third kappa shape index (κ3) is 14.2. The molecule has 2 nitrogen and oxygen atoms in total. The normalized spacial score (nSPS) is 17.8. The maximum Gasteiger partial charge on any atom is 0.0781 e. The summed E-state index contributed by atoms with van der Waals surface area (Å²) in [6.07, 6.45) is 4.46. The quantitative estimate of drug-likeness (QED) is 0.659. The van der Waals surface area contributed by atoms with Gasteiger partial charge in [0.05, 0.1) is 12.7 Å². The molecule has 0 bridgehead atoms. The fraction of sp³-hybridized carbons (Fsp3) is 1.00. The van der Waals surface area contributed by atoms with Gasteiger partial charge in [0.15, 0.2) is 0 Å². The van der Waals surface area contributed by atoms with Crippen LogP contribution in [0.25, 0.3) is 0 Å². The molecule has 0 N–H and O–H groups in total. The Kier molecular flexibility index (Phi) is 14.4. The van der Waals surface area contributed by atoms with E-state index in [0.29, 0.717) is 6.10 Å². The van der Waals surface area contributed by atoms with Crippen molar-refractivity contribution in [3.05, 3.63) is 0 Å². The van der Waals surface area contributed by atoms with Gasteiger partial charge in [-0.3, -0.25) is 0 Å². The molecule has 3 heteroatoms. The van der Waals surface area contributed by atoms with Gasteiger partial charge in [-0.05, 0) is 45.8 Å². The van der Waals surface area contributed by atoms with Crippen molar-refractivity contribution >= 4 is 12.4 Å².